The van der Waals surface area contributed by atoms with Crippen LogP contribution < -0.4 is 15.4 Å². The summed E-state index contributed by atoms with van der Waals surface area (Å²) in [5, 5.41) is 15.5. The molecule has 1 aliphatic heterocycles. The molecule has 2 amide bonds. The molecule has 1 fully saturated rings. The van der Waals surface area contributed by atoms with Gasteiger partial charge < -0.3 is 20.5 Å². The molecule has 5 heteroatoms. The highest BCUT2D eigenvalue weighted by Gasteiger charge is 2.30. The van der Waals surface area contributed by atoms with Crippen LogP contribution in [0.15, 0.2) is 24.3 Å². The lowest BCUT2D eigenvalue weighted by atomic mass is 9.93. The number of urea groups is 1. The van der Waals surface area contributed by atoms with E-state index in [9.17, 15) is 9.90 Å². The Hall–Kier alpha value is -1.75. The Morgan fingerprint density at radius 3 is 2.77 bits per heavy atom. The zero-order chi connectivity index (χ0) is 15.5. The van der Waals surface area contributed by atoms with Gasteiger partial charge in [-0.05, 0) is 38.7 Å². The second-order valence-electron chi connectivity index (χ2n) is 6.37. The first-order chi connectivity index (χ1) is 10.6. The van der Waals surface area contributed by atoms with Crippen molar-refractivity contribution < 1.29 is 14.6 Å². The summed E-state index contributed by atoms with van der Waals surface area (Å²) in [6.07, 6.45) is 3.03. The largest absolute Gasteiger partial charge is 0.493 e. The van der Waals surface area contributed by atoms with Gasteiger partial charge in [-0.25, -0.2) is 4.79 Å². The summed E-state index contributed by atoms with van der Waals surface area (Å²) in [5.41, 5.74) is 1.16. The van der Waals surface area contributed by atoms with Crippen LogP contribution in [0.25, 0.3) is 0 Å². The van der Waals surface area contributed by atoms with Crippen molar-refractivity contribution in [3.8, 4) is 5.75 Å². The molecule has 22 heavy (non-hydrogen) atoms. The minimum Gasteiger partial charge on any atom is -0.493 e. The summed E-state index contributed by atoms with van der Waals surface area (Å²) < 4.78 is 5.68. The van der Waals surface area contributed by atoms with E-state index in [0.717, 1.165) is 37.0 Å². The summed E-state index contributed by atoms with van der Waals surface area (Å²) in [6.45, 7) is 2.62. The van der Waals surface area contributed by atoms with Crippen molar-refractivity contribution in [1.82, 2.24) is 10.6 Å². The molecule has 2 unspecified atom stereocenters. The maximum Gasteiger partial charge on any atom is 0.315 e. The third kappa shape index (κ3) is 3.35. The maximum absolute atomic E-state index is 12.1. The number of hydrogen-bond donors (Lipinski definition) is 3. The van der Waals surface area contributed by atoms with Gasteiger partial charge in [0.15, 0.2) is 0 Å². The fourth-order valence-corrected chi connectivity index (χ4v) is 3.36. The predicted molar refractivity (Wildman–Crippen MR) is 84.1 cm³/mol. The number of amides is 2. The number of rotatable bonds is 3. The number of ether oxygens (including phenoxy) is 1. The summed E-state index contributed by atoms with van der Waals surface area (Å²) in [7, 11) is 0. The fraction of sp³-hybridized carbons (Fsp3) is 0.588. The van der Waals surface area contributed by atoms with Crippen LogP contribution in [0.4, 0.5) is 4.79 Å². The number of carbonyl (C=O) groups excluding carboxylic acids is 1. The fourth-order valence-electron chi connectivity index (χ4n) is 3.36. The lowest BCUT2D eigenvalue weighted by Gasteiger charge is -2.27. The summed E-state index contributed by atoms with van der Waals surface area (Å²) in [4.78, 5) is 12.1. The number of fused-ring (bicyclic) bond motifs is 1. The number of aliphatic hydroxyl groups is 1. The van der Waals surface area contributed by atoms with Gasteiger partial charge in [-0.15, -0.1) is 0 Å². The van der Waals surface area contributed by atoms with Gasteiger partial charge in [0, 0.05) is 23.6 Å². The Morgan fingerprint density at radius 2 is 2.00 bits per heavy atom. The normalized spacial score (nSPS) is 28.4. The van der Waals surface area contributed by atoms with Gasteiger partial charge in [0.2, 0.25) is 0 Å². The number of nitrogens with one attached hydrogen (secondary N) is 2. The SMILES string of the molecule is CC(NC(=O)NC1CCC(O)CC1)C1COc2ccccc21. The predicted octanol–water partition coefficient (Wildman–Crippen LogP) is 2.15. The van der Waals surface area contributed by atoms with Crippen LogP contribution in [-0.4, -0.2) is 35.9 Å². The average molecular weight is 304 g/mol. The standard InChI is InChI=1S/C17H24N2O3/c1-11(15-10-22-16-5-3-2-4-14(15)16)18-17(21)19-12-6-8-13(20)9-7-12/h2-5,11-13,15,20H,6-10H2,1H3,(H2,18,19,21). The van der Waals surface area contributed by atoms with E-state index in [2.05, 4.69) is 16.7 Å². The monoisotopic (exact) mass is 304 g/mol. The van der Waals surface area contributed by atoms with E-state index in [4.69, 9.17) is 4.74 Å². The van der Waals surface area contributed by atoms with Crippen molar-refractivity contribution in [2.45, 2.75) is 56.7 Å². The highest BCUT2D eigenvalue weighted by atomic mass is 16.5. The Kier molecular flexibility index (Phi) is 4.52. The van der Waals surface area contributed by atoms with Crippen LogP contribution in [-0.2, 0) is 0 Å². The van der Waals surface area contributed by atoms with Gasteiger partial charge in [-0.1, -0.05) is 18.2 Å². The van der Waals surface area contributed by atoms with Gasteiger partial charge in [0.1, 0.15) is 5.75 Å². The van der Waals surface area contributed by atoms with E-state index < -0.39 is 0 Å². The van der Waals surface area contributed by atoms with Gasteiger partial charge in [0.05, 0.1) is 12.7 Å². The van der Waals surface area contributed by atoms with Gasteiger partial charge >= 0.3 is 6.03 Å². The van der Waals surface area contributed by atoms with Crippen molar-refractivity contribution in [3.05, 3.63) is 29.8 Å². The van der Waals surface area contributed by atoms with E-state index in [0.29, 0.717) is 6.61 Å². The van der Waals surface area contributed by atoms with E-state index in [1.807, 2.05) is 25.1 Å². The number of carbonyl (C=O) groups is 1. The Bertz CT molecular complexity index is 526. The minimum absolute atomic E-state index is 0.0119. The molecule has 3 rings (SSSR count). The highest BCUT2D eigenvalue weighted by Crippen LogP contribution is 2.35. The molecule has 0 spiro atoms. The quantitative estimate of drug-likeness (QED) is 0.801. The third-order valence-corrected chi connectivity index (χ3v) is 4.73. The van der Waals surface area contributed by atoms with Crippen molar-refractivity contribution >= 4 is 6.03 Å². The number of hydrogen-bond acceptors (Lipinski definition) is 3. The second-order valence-corrected chi connectivity index (χ2v) is 6.37. The molecule has 1 heterocycles. The number of benzene rings is 1. The van der Waals surface area contributed by atoms with E-state index in [-0.39, 0.29) is 30.1 Å². The molecule has 2 atom stereocenters. The van der Waals surface area contributed by atoms with Crippen LogP contribution in [0.3, 0.4) is 0 Å². The molecule has 1 aliphatic carbocycles. The van der Waals surface area contributed by atoms with Crippen LogP contribution >= 0.6 is 0 Å². The highest BCUT2D eigenvalue weighted by molar-refractivity contribution is 5.74. The molecule has 0 saturated heterocycles. The summed E-state index contributed by atoms with van der Waals surface area (Å²) in [6, 6.07) is 8.05. The smallest absolute Gasteiger partial charge is 0.315 e. The van der Waals surface area contributed by atoms with Crippen LogP contribution in [0.5, 0.6) is 5.75 Å². The molecule has 0 radical (unpaired) electrons. The number of para-hydroxylation sites is 1. The summed E-state index contributed by atoms with van der Waals surface area (Å²) >= 11 is 0. The topological polar surface area (TPSA) is 70.6 Å². The first kappa shape index (κ1) is 15.2. The molecule has 0 bridgehead atoms. The molecule has 2 aliphatic rings. The van der Waals surface area contributed by atoms with Crippen LogP contribution in [0, 0.1) is 0 Å². The molecule has 5 nitrogen and oxygen atoms in total. The minimum atomic E-state index is -0.202. The van der Waals surface area contributed by atoms with Crippen LogP contribution in [0.2, 0.25) is 0 Å². The maximum atomic E-state index is 12.1. The Labute approximate surface area is 131 Å². The number of aliphatic hydroxyl groups excluding tert-OH is 1. The lowest BCUT2D eigenvalue weighted by Crippen LogP contribution is -2.48. The van der Waals surface area contributed by atoms with E-state index >= 15 is 0 Å². The second kappa shape index (κ2) is 6.57. The van der Waals surface area contributed by atoms with E-state index in [1.165, 1.54) is 0 Å². The Balaban J connectivity index is 1.52. The average Bonchev–Trinajstić information content (AvgIpc) is 2.93. The zero-order valence-corrected chi connectivity index (χ0v) is 12.9. The molecular weight excluding hydrogens is 280 g/mol. The van der Waals surface area contributed by atoms with Gasteiger partial charge in [-0.2, -0.15) is 0 Å². The zero-order valence-electron chi connectivity index (χ0n) is 12.9. The first-order valence-corrected chi connectivity index (χ1v) is 8.10. The lowest BCUT2D eigenvalue weighted by molar-refractivity contribution is 0.117. The molecular formula is C17H24N2O3. The molecule has 1 saturated carbocycles. The van der Waals surface area contributed by atoms with E-state index in [1.54, 1.807) is 0 Å². The Morgan fingerprint density at radius 1 is 1.27 bits per heavy atom. The van der Waals surface area contributed by atoms with Crippen molar-refractivity contribution in [2.75, 3.05) is 6.61 Å². The van der Waals surface area contributed by atoms with Gasteiger partial charge in [0.25, 0.3) is 0 Å². The first-order valence-electron chi connectivity index (χ1n) is 8.10. The van der Waals surface area contributed by atoms with Crippen molar-refractivity contribution in [3.63, 3.8) is 0 Å². The molecule has 1 aromatic rings. The summed E-state index contributed by atoms with van der Waals surface area (Å²) in [5.74, 6) is 1.11. The van der Waals surface area contributed by atoms with Crippen molar-refractivity contribution in [2.24, 2.45) is 0 Å². The molecule has 120 valence electrons. The van der Waals surface area contributed by atoms with Crippen LogP contribution in [0.1, 0.15) is 44.1 Å². The van der Waals surface area contributed by atoms with Gasteiger partial charge in [-0.3, -0.25) is 0 Å². The molecule has 1 aromatic carbocycles. The van der Waals surface area contributed by atoms with Crippen molar-refractivity contribution in [1.29, 1.82) is 0 Å². The molecule has 0 aromatic heterocycles. The third-order valence-electron chi connectivity index (χ3n) is 4.73. The molecule has 3 N–H and O–H groups in total.